The molecular weight excluding hydrogens is 368 g/mol. The van der Waals surface area contributed by atoms with Gasteiger partial charge in [-0.1, -0.05) is 62.7 Å². The van der Waals surface area contributed by atoms with Crippen molar-refractivity contribution in [2.24, 2.45) is 29.1 Å². The van der Waals surface area contributed by atoms with Crippen molar-refractivity contribution >= 4 is 0 Å². The summed E-state index contributed by atoms with van der Waals surface area (Å²) in [7, 11) is 0. The maximum Gasteiger partial charge on any atom is 0.0651 e. The van der Waals surface area contributed by atoms with Crippen LogP contribution in [0, 0.1) is 29.1 Å². The van der Waals surface area contributed by atoms with E-state index in [1.54, 1.807) is 0 Å². The molecule has 0 amide bonds. The van der Waals surface area contributed by atoms with Crippen molar-refractivity contribution in [2.45, 2.75) is 97.7 Å². The molecular formula is C28H44O2. The van der Waals surface area contributed by atoms with E-state index in [0.717, 1.165) is 19.3 Å². The van der Waals surface area contributed by atoms with E-state index in [9.17, 15) is 10.2 Å². The minimum absolute atomic E-state index is 0.108. The Hall–Kier alpha value is -1.12. The van der Waals surface area contributed by atoms with Gasteiger partial charge < -0.3 is 10.2 Å². The van der Waals surface area contributed by atoms with E-state index in [4.69, 9.17) is 4.11 Å². The molecule has 3 aliphatic carbocycles. The van der Waals surface area contributed by atoms with Crippen molar-refractivity contribution in [1.29, 1.82) is 0 Å². The monoisotopic (exact) mass is 415 g/mol. The van der Waals surface area contributed by atoms with Gasteiger partial charge in [0.25, 0.3) is 0 Å². The molecule has 2 nitrogen and oxygen atoms in total. The highest BCUT2D eigenvalue weighted by Crippen LogP contribution is 2.59. The number of allylic oxidation sites excluding steroid dienone is 5. The Morgan fingerprint density at radius 2 is 2.00 bits per heavy atom. The third-order valence-corrected chi connectivity index (χ3v) is 8.45. The van der Waals surface area contributed by atoms with Crippen molar-refractivity contribution in [1.82, 2.24) is 0 Å². The quantitative estimate of drug-likeness (QED) is 0.487. The molecule has 2 heteroatoms. The van der Waals surface area contributed by atoms with Crippen LogP contribution in [0.15, 0.2) is 47.5 Å². The highest BCUT2D eigenvalue weighted by Gasteiger charge is 2.50. The van der Waals surface area contributed by atoms with Crippen molar-refractivity contribution in [3.63, 3.8) is 0 Å². The van der Waals surface area contributed by atoms with E-state index >= 15 is 0 Å². The predicted octanol–water partition coefficient (Wildman–Crippen LogP) is 6.76. The number of aliphatic hydroxyl groups excluding tert-OH is 1. The van der Waals surface area contributed by atoms with Gasteiger partial charge in [-0.25, -0.2) is 0 Å². The van der Waals surface area contributed by atoms with Crippen LogP contribution in [-0.4, -0.2) is 21.9 Å². The Morgan fingerprint density at radius 3 is 2.70 bits per heavy atom. The van der Waals surface area contributed by atoms with E-state index < -0.39 is 11.7 Å². The molecule has 0 radical (unpaired) electrons. The second kappa shape index (κ2) is 9.17. The molecule has 2 N–H and O–H groups in total. The van der Waals surface area contributed by atoms with Gasteiger partial charge in [0.15, 0.2) is 0 Å². The van der Waals surface area contributed by atoms with Crippen LogP contribution in [0.4, 0.5) is 0 Å². The standard InChI is InChI=1S/C28H44O2/c1-19-10-14-24(29)18-23(19)13-12-22-8-7-17-28(6)25(15-16-26(22)28)20(2)9-11-21(3)27(4,5)30/h9,11-13,20-21,24-26,29-30H,1,7-8,10,14-18H2,2-6H3/b11-9+,22-12+,23-13+/t20-,21+,24+,25-,26+,28-/m1/s1/i1D2,13D. The summed E-state index contributed by atoms with van der Waals surface area (Å²) in [4.78, 5) is 0. The maximum atomic E-state index is 10.3. The fourth-order valence-corrected chi connectivity index (χ4v) is 6.08. The van der Waals surface area contributed by atoms with E-state index in [2.05, 4.69) is 32.9 Å². The highest BCUT2D eigenvalue weighted by molar-refractivity contribution is 5.36. The molecule has 0 aromatic heterocycles. The van der Waals surface area contributed by atoms with Gasteiger partial charge in [0.1, 0.15) is 0 Å². The summed E-state index contributed by atoms with van der Waals surface area (Å²) >= 11 is 0. The molecule has 3 rings (SSSR count). The van der Waals surface area contributed by atoms with Crippen LogP contribution in [-0.2, 0) is 0 Å². The summed E-state index contributed by atoms with van der Waals surface area (Å²) in [5.41, 5.74) is 2.16. The van der Waals surface area contributed by atoms with Crippen molar-refractivity contribution in [3.05, 3.63) is 47.5 Å². The summed E-state index contributed by atoms with van der Waals surface area (Å²) in [5.74, 6) is 1.59. The van der Waals surface area contributed by atoms with Crippen LogP contribution in [0.5, 0.6) is 0 Å². The van der Waals surface area contributed by atoms with Crippen molar-refractivity contribution in [2.75, 3.05) is 0 Å². The Labute approximate surface area is 189 Å². The van der Waals surface area contributed by atoms with E-state index in [0.29, 0.717) is 54.2 Å². The lowest BCUT2D eigenvalue weighted by Gasteiger charge is -2.44. The van der Waals surface area contributed by atoms with Crippen LogP contribution in [0.1, 0.15) is 90.1 Å². The first-order chi connectivity index (χ1) is 15.3. The van der Waals surface area contributed by atoms with Gasteiger partial charge in [0.05, 0.1) is 15.8 Å². The third-order valence-electron chi connectivity index (χ3n) is 8.45. The van der Waals surface area contributed by atoms with Crippen LogP contribution in [0.2, 0.25) is 0 Å². The summed E-state index contributed by atoms with van der Waals surface area (Å²) in [6.07, 6.45) is 13.2. The normalized spacial score (nSPS) is 39.3. The van der Waals surface area contributed by atoms with Crippen LogP contribution < -0.4 is 0 Å². The molecule has 3 saturated carbocycles. The van der Waals surface area contributed by atoms with E-state index in [1.165, 1.54) is 18.4 Å². The molecule has 0 unspecified atom stereocenters. The predicted molar refractivity (Wildman–Crippen MR) is 127 cm³/mol. The molecule has 0 saturated heterocycles. The molecule has 6 atom stereocenters. The molecule has 0 spiro atoms. The first-order valence-electron chi connectivity index (χ1n) is 13.5. The molecule has 0 aromatic carbocycles. The summed E-state index contributed by atoms with van der Waals surface area (Å²) in [6.45, 7) is 10.3. The number of fused-ring (bicyclic) bond motifs is 1. The van der Waals surface area contributed by atoms with E-state index in [1.807, 2.05) is 19.9 Å². The summed E-state index contributed by atoms with van der Waals surface area (Å²) in [6, 6.07) is 0.399. The zero-order valence-corrected chi connectivity index (χ0v) is 19.7. The van der Waals surface area contributed by atoms with Gasteiger partial charge in [0.2, 0.25) is 0 Å². The molecule has 3 aliphatic rings. The lowest BCUT2D eigenvalue weighted by atomic mass is 9.61. The lowest BCUT2D eigenvalue weighted by molar-refractivity contribution is 0.0436. The van der Waals surface area contributed by atoms with Gasteiger partial charge >= 0.3 is 0 Å². The second-order valence-corrected chi connectivity index (χ2v) is 11.0. The minimum Gasteiger partial charge on any atom is -0.393 e. The Balaban J connectivity index is 1.85. The summed E-state index contributed by atoms with van der Waals surface area (Å²) < 4.78 is 24.4. The van der Waals surface area contributed by atoms with Gasteiger partial charge in [-0.15, -0.1) is 0 Å². The maximum absolute atomic E-state index is 10.3. The van der Waals surface area contributed by atoms with Crippen LogP contribution >= 0.6 is 0 Å². The van der Waals surface area contributed by atoms with Crippen LogP contribution in [0.25, 0.3) is 0 Å². The molecule has 0 aliphatic heterocycles. The highest BCUT2D eigenvalue weighted by atomic mass is 16.3. The molecule has 168 valence electrons. The SMILES string of the molecule is [2H]C([2H])=C1CC[C@H](O)C/C1=C([2H])\C=C1/CCC[C@]2(C)[C@@H]([C@H](C)/C=C/[C@H](C)C(C)(C)O)CC[C@@H]12. The number of aliphatic hydroxyl groups is 2. The van der Waals surface area contributed by atoms with Gasteiger partial charge in [0, 0.05) is 5.92 Å². The van der Waals surface area contributed by atoms with Crippen LogP contribution in [0.3, 0.4) is 0 Å². The Morgan fingerprint density at radius 1 is 1.23 bits per heavy atom. The molecule has 30 heavy (non-hydrogen) atoms. The third kappa shape index (κ3) is 5.02. The second-order valence-electron chi connectivity index (χ2n) is 11.0. The molecule has 0 aromatic rings. The van der Waals surface area contributed by atoms with Crippen molar-refractivity contribution in [3.8, 4) is 0 Å². The molecule has 0 bridgehead atoms. The van der Waals surface area contributed by atoms with Crippen molar-refractivity contribution < 1.29 is 14.3 Å². The van der Waals surface area contributed by atoms with Gasteiger partial charge in [-0.2, -0.15) is 0 Å². The average Bonchev–Trinajstić information content (AvgIpc) is 3.08. The first-order valence-corrected chi connectivity index (χ1v) is 12.0. The molecule has 0 heterocycles. The topological polar surface area (TPSA) is 40.5 Å². The number of rotatable bonds is 5. The molecule has 3 fully saturated rings. The summed E-state index contributed by atoms with van der Waals surface area (Å²) in [5, 5.41) is 20.4. The van der Waals surface area contributed by atoms with Gasteiger partial charge in [-0.05, 0) is 94.0 Å². The fourth-order valence-electron chi connectivity index (χ4n) is 6.08. The Kier molecular flexibility index (Phi) is 5.98. The zero-order valence-electron chi connectivity index (χ0n) is 22.7. The number of hydrogen-bond acceptors (Lipinski definition) is 2. The zero-order chi connectivity index (χ0) is 24.6. The fraction of sp³-hybridized carbons (Fsp3) is 0.714. The van der Waals surface area contributed by atoms with Gasteiger partial charge in [-0.3, -0.25) is 0 Å². The largest absolute Gasteiger partial charge is 0.393 e. The average molecular weight is 416 g/mol. The minimum atomic E-state index is -0.713. The Bertz CT molecular complexity index is 844. The first kappa shape index (κ1) is 19.6. The lowest BCUT2D eigenvalue weighted by Crippen LogP contribution is -2.35. The number of hydrogen-bond donors (Lipinski definition) is 2. The van der Waals surface area contributed by atoms with E-state index in [-0.39, 0.29) is 17.9 Å². The smallest absolute Gasteiger partial charge is 0.0651 e.